The molecule has 0 fully saturated rings. The van der Waals surface area contributed by atoms with Crippen molar-refractivity contribution in [2.75, 3.05) is 6.54 Å². The van der Waals surface area contributed by atoms with E-state index in [1.54, 1.807) is 30.3 Å². The van der Waals surface area contributed by atoms with Crippen LogP contribution in [0.25, 0.3) is 11.1 Å². The number of hydrogen-bond donors (Lipinski definition) is 1. The molecule has 1 aliphatic rings. The van der Waals surface area contributed by atoms with E-state index < -0.39 is 17.7 Å². The molecule has 0 unspecified atom stereocenters. The van der Waals surface area contributed by atoms with Crippen LogP contribution in [0.4, 0.5) is 0 Å². The first-order chi connectivity index (χ1) is 12.1. The zero-order valence-electron chi connectivity index (χ0n) is 13.1. The zero-order chi connectivity index (χ0) is 17.4. The van der Waals surface area contributed by atoms with Crippen LogP contribution >= 0.6 is 0 Å². The molecule has 0 saturated heterocycles. The number of carbonyl (C=O) groups is 3. The molecule has 7 heteroatoms. The molecule has 1 N–H and O–H groups in total. The summed E-state index contributed by atoms with van der Waals surface area (Å²) in [6.07, 6.45) is 0. The Hall–Kier alpha value is -3.48. The number of carbonyl (C=O) groups excluding carboxylic acids is 3. The van der Waals surface area contributed by atoms with E-state index in [1.165, 1.54) is 0 Å². The van der Waals surface area contributed by atoms with E-state index in [0.29, 0.717) is 28.1 Å². The molecule has 0 radical (unpaired) electrons. The summed E-state index contributed by atoms with van der Waals surface area (Å²) in [7, 11) is 0. The average molecular weight is 335 g/mol. The number of benzene rings is 2. The van der Waals surface area contributed by atoms with E-state index in [0.717, 1.165) is 4.90 Å². The lowest BCUT2D eigenvalue weighted by Gasteiger charge is -2.12. The lowest BCUT2D eigenvalue weighted by atomic mass is 10.1. The van der Waals surface area contributed by atoms with Crippen molar-refractivity contribution in [2.45, 2.75) is 6.54 Å². The molecule has 1 aliphatic heterocycles. The molecule has 0 aliphatic carbocycles. The first-order valence-electron chi connectivity index (χ1n) is 7.70. The van der Waals surface area contributed by atoms with E-state index in [9.17, 15) is 14.4 Å². The summed E-state index contributed by atoms with van der Waals surface area (Å²) in [5.41, 5.74) is 1.97. The predicted octanol–water partition coefficient (Wildman–Crippen LogP) is 1.74. The largest absolute Gasteiger partial charge is 0.439 e. The van der Waals surface area contributed by atoms with E-state index in [4.69, 9.17) is 4.42 Å². The summed E-state index contributed by atoms with van der Waals surface area (Å²) >= 11 is 0. The minimum absolute atomic E-state index is 0.0800. The second-order valence-electron chi connectivity index (χ2n) is 5.59. The van der Waals surface area contributed by atoms with E-state index in [1.807, 2.05) is 18.2 Å². The lowest BCUT2D eigenvalue weighted by molar-refractivity contribution is -0.121. The van der Waals surface area contributed by atoms with E-state index >= 15 is 0 Å². The maximum absolute atomic E-state index is 12.2. The van der Waals surface area contributed by atoms with E-state index in [-0.39, 0.29) is 13.1 Å². The molecule has 3 aromatic rings. The molecule has 1 aromatic heterocycles. The van der Waals surface area contributed by atoms with Crippen molar-refractivity contribution in [3.8, 4) is 0 Å². The minimum atomic E-state index is -0.461. The van der Waals surface area contributed by atoms with Crippen molar-refractivity contribution in [2.24, 2.45) is 0 Å². The van der Waals surface area contributed by atoms with Gasteiger partial charge in [0.05, 0.1) is 17.7 Å². The van der Waals surface area contributed by atoms with Crippen molar-refractivity contribution >= 4 is 28.8 Å². The molecule has 7 nitrogen and oxygen atoms in total. The van der Waals surface area contributed by atoms with Crippen LogP contribution in [0.1, 0.15) is 26.6 Å². The molecular weight excluding hydrogens is 322 g/mol. The maximum Gasteiger partial charge on any atom is 0.262 e. The molecule has 3 amide bonds. The van der Waals surface area contributed by atoms with Crippen LogP contribution in [0.5, 0.6) is 0 Å². The fourth-order valence-corrected chi connectivity index (χ4v) is 2.75. The summed E-state index contributed by atoms with van der Waals surface area (Å²) < 4.78 is 5.51. The van der Waals surface area contributed by atoms with Gasteiger partial charge in [0.25, 0.3) is 11.8 Å². The smallest absolute Gasteiger partial charge is 0.262 e. The fraction of sp³-hybridized carbons (Fsp3) is 0.111. The number of imide groups is 1. The highest BCUT2D eigenvalue weighted by Gasteiger charge is 2.36. The molecule has 0 spiro atoms. The Balaban J connectivity index is 1.41. The Morgan fingerprint density at radius 1 is 1.00 bits per heavy atom. The van der Waals surface area contributed by atoms with E-state index in [2.05, 4.69) is 10.3 Å². The van der Waals surface area contributed by atoms with Gasteiger partial charge in [0.2, 0.25) is 11.8 Å². The number of rotatable bonds is 4. The summed E-state index contributed by atoms with van der Waals surface area (Å²) in [6.45, 7) is -0.261. The molecule has 2 aromatic carbocycles. The first kappa shape index (κ1) is 15.1. The lowest BCUT2D eigenvalue weighted by Crippen LogP contribution is -2.40. The van der Waals surface area contributed by atoms with Gasteiger partial charge in [-0.25, -0.2) is 4.98 Å². The Labute approximate surface area is 142 Å². The molecule has 0 bridgehead atoms. The Kier molecular flexibility index (Phi) is 3.53. The normalized spacial score (nSPS) is 13.4. The van der Waals surface area contributed by atoms with Gasteiger partial charge >= 0.3 is 0 Å². The number of fused-ring (bicyclic) bond motifs is 2. The molecular formula is C18H13N3O4. The zero-order valence-corrected chi connectivity index (χ0v) is 13.1. The average Bonchev–Trinajstić information content (AvgIpc) is 3.15. The Bertz CT molecular complexity index is 940. The third-order valence-corrected chi connectivity index (χ3v) is 3.95. The number of amides is 3. The topological polar surface area (TPSA) is 92.5 Å². The van der Waals surface area contributed by atoms with Crippen LogP contribution in [-0.4, -0.2) is 34.2 Å². The number of oxazole rings is 1. The van der Waals surface area contributed by atoms with Gasteiger partial charge in [-0.05, 0) is 24.3 Å². The van der Waals surface area contributed by atoms with Gasteiger partial charge in [-0.1, -0.05) is 24.3 Å². The highest BCUT2D eigenvalue weighted by atomic mass is 16.3. The van der Waals surface area contributed by atoms with Crippen molar-refractivity contribution in [1.82, 2.24) is 15.2 Å². The van der Waals surface area contributed by atoms with Crippen LogP contribution in [0.2, 0.25) is 0 Å². The monoisotopic (exact) mass is 335 g/mol. The molecule has 0 saturated carbocycles. The van der Waals surface area contributed by atoms with Gasteiger partial charge in [-0.15, -0.1) is 0 Å². The summed E-state index contributed by atoms with van der Waals surface area (Å²) in [5, 5.41) is 2.61. The van der Waals surface area contributed by atoms with Crippen LogP contribution in [0.3, 0.4) is 0 Å². The maximum atomic E-state index is 12.2. The third kappa shape index (κ3) is 2.65. The number of para-hydroxylation sites is 2. The minimum Gasteiger partial charge on any atom is -0.439 e. The predicted molar refractivity (Wildman–Crippen MR) is 87.7 cm³/mol. The highest BCUT2D eigenvalue weighted by Crippen LogP contribution is 2.22. The first-order valence-corrected chi connectivity index (χ1v) is 7.70. The summed E-state index contributed by atoms with van der Waals surface area (Å²) in [5.74, 6) is -1.02. The van der Waals surface area contributed by atoms with Crippen molar-refractivity contribution < 1.29 is 18.8 Å². The molecule has 25 heavy (non-hydrogen) atoms. The molecule has 2 heterocycles. The summed E-state index contributed by atoms with van der Waals surface area (Å²) in [4.78, 5) is 41.7. The number of nitrogens with one attached hydrogen (secondary N) is 1. The van der Waals surface area contributed by atoms with Crippen LogP contribution in [-0.2, 0) is 11.3 Å². The Morgan fingerprint density at radius 2 is 1.64 bits per heavy atom. The summed E-state index contributed by atoms with van der Waals surface area (Å²) in [6, 6.07) is 13.8. The van der Waals surface area contributed by atoms with Gasteiger partial charge in [0, 0.05) is 0 Å². The van der Waals surface area contributed by atoms with Crippen molar-refractivity contribution in [3.05, 3.63) is 65.5 Å². The highest BCUT2D eigenvalue weighted by molar-refractivity contribution is 6.22. The fourth-order valence-electron chi connectivity index (χ4n) is 2.75. The molecule has 4 rings (SSSR count). The standard InChI is InChI=1S/C18H13N3O4/c22-15(19-9-16-20-13-7-3-4-8-14(13)25-16)10-21-17(23)11-5-1-2-6-12(11)18(21)24/h1-8H,9-10H2,(H,19,22). The molecule has 0 atom stereocenters. The number of nitrogens with zero attached hydrogens (tertiary/aromatic N) is 2. The van der Waals surface area contributed by atoms with Gasteiger partial charge in [-0.3, -0.25) is 19.3 Å². The third-order valence-electron chi connectivity index (χ3n) is 3.95. The quantitative estimate of drug-likeness (QED) is 0.733. The van der Waals surface area contributed by atoms with Gasteiger partial charge in [0.15, 0.2) is 5.58 Å². The van der Waals surface area contributed by atoms with Crippen LogP contribution in [0, 0.1) is 0 Å². The van der Waals surface area contributed by atoms with Crippen molar-refractivity contribution in [3.63, 3.8) is 0 Å². The number of aromatic nitrogens is 1. The van der Waals surface area contributed by atoms with Crippen molar-refractivity contribution in [1.29, 1.82) is 0 Å². The Morgan fingerprint density at radius 3 is 2.32 bits per heavy atom. The second kappa shape index (κ2) is 5.86. The molecule has 124 valence electrons. The SMILES string of the molecule is O=C(CN1C(=O)c2ccccc2C1=O)NCc1nc2ccccc2o1. The number of hydrogen-bond acceptors (Lipinski definition) is 5. The van der Waals surface area contributed by atoms with Gasteiger partial charge in [-0.2, -0.15) is 0 Å². The van der Waals surface area contributed by atoms with Crippen LogP contribution < -0.4 is 5.32 Å². The van der Waals surface area contributed by atoms with Gasteiger partial charge < -0.3 is 9.73 Å². The second-order valence-corrected chi connectivity index (χ2v) is 5.59. The van der Waals surface area contributed by atoms with Gasteiger partial charge in [0.1, 0.15) is 12.1 Å². The van der Waals surface area contributed by atoms with Crippen LogP contribution in [0.15, 0.2) is 52.9 Å².